The maximum Gasteiger partial charge on any atom is 0.128 e. The van der Waals surface area contributed by atoms with Crippen LogP contribution >= 0.6 is 0 Å². The Morgan fingerprint density at radius 3 is 2.40 bits per heavy atom. The molecule has 15 heavy (non-hydrogen) atoms. The first-order valence-corrected chi connectivity index (χ1v) is 5.39. The highest BCUT2D eigenvalue weighted by atomic mass is 19.1. The number of anilines is 1. The molecule has 1 aliphatic heterocycles. The van der Waals surface area contributed by atoms with Crippen molar-refractivity contribution < 1.29 is 8.78 Å². The molecule has 0 radical (unpaired) electrons. The highest BCUT2D eigenvalue weighted by molar-refractivity contribution is 5.48. The number of hydrogen-bond donors (Lipinski definition) is 0. The van der Waals surface area contributed by atoms with Gasteiger partial charge >= 0.3 is 0 Å². The van der Waals surface area contributed by atoms with Crippen molar-refractivity contribution in [1.82, 2.24) is 0 Å². The van der Waals surface area contributed by atoms with E-state index >= 15 is 0 Å². The predicted molar refractivity (Wildman–Crippen MR) is 57.0 cm³/mol. The van der Waals surface area contributed by atoms with Gasteiger partial charge < -0.3 is 4.90 Å². The Balaban J connectivity index is 2.27. The summed E-state index contributed by atoms with van der Waals surface area (Å²) in [5, 5.41) is 0. The molecule has 1 fully saturated rings. The van der Waals surface area contributed by atoms with Gasteiger partial charge in [-0.05, 0) is 38.3 Å². The molecule has 0 aromatic heterocycles. The van der Waals surface area contributed by atoms with Crippen molar-refractivity contribution in [2.45, 2.75) is 32.2 Å². The number of benzene rings is 1. The van der Waals surface area contributed by atoms with Crippen LogP contribution in [0.2, 0.25) is 0 Å². The number of halogens is 2. The monoisotopic (exact) mass is 211 g/mol. The first-order chi connectivity index (χ1) is 7.16. The van der Waals surface area contributed by atoms with Crippen molar-refractivity contribution in [3.8, 4) is 0 Å². The Kier molecular flexibility index (Phi) is 2.89. The maximum atomic E-state index is 13.0. The molecule has 0 amide bonds. The van der Waals surface area contributed by atoms with Crippen LogP contribution in [0, 0.1) is 11.6 Å². The van der Waals surface area contributed by atoms with E-state index in [1.807, 2.05) is 0 Å². The zero-order valence-electron chi connectivity index (χ0n) is 8.84. The van der Waals surface area contributed by atoms with Gasteiger partial charge in [-0.1, -0.05) is 0 Å². The quantitative estimate of drug-likeness (QED) is 0.688. The molecule has 1 aromatic carbocycles. The summed E-state index contributed by atoms with van der Waals surface area (Å²) in [5.74, 6) is -0.995. The second-order valence-corrected chi connectivity index (χ2v) is 4.17. The average Bonchev–Trinajstić information content (AvgIpc) is 2.16. The third kappa shape index (κ3) is 2.28. The molecule has 0 saturated carbocycles. The Morgan fingerprint density at radius 2 is 1.80 bits per heavy atom. The maximum absolute atomic E-state index is 13.0. The molecular weight excluding hydrogens is 196 g/mol. The van der Waals surface area contributed by atoms with E-state index in [1.54, 1.807) is 0 Å². The van der Waals surface area contributed by atoms with E-state index in [4.69, 9.17) is 0 Å². The average molecular weight is 211 g/mol. The largest absolute Gasteiger partial charge is 0.369 e. The van der Waals surface area contributed by atoms with Gasteiger partial charge in [-0.2, -0.15) is 0 Å². The van der Waals surface area contributed by atoms with Crippen LogP contribution in [0.25, 0.3) is 0 Å². The number of nitrogens with zero attached hydrogens (tertiary/aromatic N) is 1. The Bertz CT molecular complexity index is 331. The molecule has 1 aliphatic rings. The zero-order valence-corrected chi connectivity index (χ0v) is 8.84. The van der Waals surface area contributed by atoms with Crippen LogP contribution in [-0.2, 0) is 0 Å². The SMILES string of the molecule is C[C@H]1CCCCN1c1cc(F)cc(F)c1. The summed E-state index contributed by atoms with van der Waals surface area (Å²) in [5.41, 5.74) is 0.666. The van der Waals surface area contributed by atoms with E-state index in [1.165, 1.54) is 18.6 Å². The van der Waals surface area contributed by atoms with Crippen molar-refractivity contribution in [3.05, 3.63) is 29.8 Å². The van der Waals surface area contributed by atoms with E-state index in [0.717, 1.165) is 25.5 Å². The lowest BCUT2D eigenvalue weighted by Gasteiger charge is -2.35. The second kappa shape index (κ2) is 4.17. The van der Waals surface area contributed by atoms with Gasteiger partial charge in [0.15, 0.2) is 0 Å². The minimum absolute atomic E-state index is 0.375. The van der Waals surface area contributed by atoms with Gasteiger partial charge in [0.2, 0.25) is 0 Å². The van der Waals surface area contributed by atoms with Crippen LogP contribution in [0.3, 0.4) is 0 Å². The van der Waals surface area contributed by atoms with Crippen molar-refractivity contribution in [2.24, 2.45) is 0 Å². The normalized spacial score (nSPS) is 21.8. The summed E-state index contributed by atoms with van der Waals surface area (Å²) in [6.45, 7) is 2.99. The first-order valence-electron chi connectivity index (χ1n) is 5.39. The smallest absolute Gasteiger partial charge is 0.128 e. The van der Waals surface area contributed by atoms with E-state index in [-0.39, 0.29) is 0 Å². The van der Waals surface area contributed by atoms with Crippen LogP contribution in [0.4, 0.5) is 14.5 Å². The number of hydrogen-bond acceptors (Lipinski definition) is 1. The molecule has 0 bridgehead atoms. The molecule has 1 saturated heterocycles. The zero-order chi connectivity index (χ0) is 10.8. The highest BCUT2D eigenvalue weighted by Gasteiger charge is 2.19. The molecule has 3 heteroatoms. The van der Waals surface area contributed by atoms with Gasteiger partial charge in [0.1, 0.15) is 11.6 Å². The summed E-state index contributed by atoms with van der Waals surface area (Å²) in [6, 6.07) is 4.11. The third-order valence-corrected chi connectivity index (χ3v) is 2.98. The lowest BCUT2D eigenvalue weighted by Crippen LogP contribution is -2.37. The molecular formula is C12H15F2N. The Labute approximate surface area is 88.7 Å². The van der Waals surface area contributed by atoms with Crippen molar-refractivity contribution in [2.75, 3.05) is 11.4 Å². The molecule has 0 N–H and O–H groups in total. The van der Waals surface area contributed by atoms with Crippen LogP contribution in [0.15, 0.2) is 18.2 Å². The van der Waals surface area contributed by atoms with E-state index in [0.29, 0.717) is 11.7 Å². The van der Waals surface area contributed by atoms with Gasteiger partial charge in [0.05, 0.1) is 0 Å². The molecule has 0 unspecified atom stereocenters. The van der Waals surface area contributed by atoms with Gasteiger partial charge in [-0.3, -0.25) is 0 Å². The van der Waals surface area contributed by atoms with Gasteiger partial charge in [0.25, 0.3) is 0 Å². The highest BCUT2D eigenvalue weighted by Crippen LogP contribution is 2.25. The summed E-state index contributed by atoms with van der Waals surface area (Å²) in [7, 11) is 0. The van der Waals surface area contributed by atoms with Crippen LogP contribution in [0.5, 0.6) is 0 Å². The van der Waals surface area contributed by atoms with Gasteiger partial charge in [0, 0.05) is 24.3 Å². The number of rotatable bonds is 1. The molecule has 82 valence electrons. The summed E-state index contributed by atoms with van der Waals surface area (Å²) >= 11 is 0. The third-order valence-electron chi connectivity index (χ3n) is 2.98. The molecule has 1 nitrogen and oxygen atoms in total. The molecule has 1 aromatic rings. The van der Waals surface area contributed by atoms with E-state index < -0.39 is 11.6 Å². The number of piperidine rings is 1. The predicted octanol–water partition coefficient (Wildman–Crippen LogP) is 3.34. The molecule has 2 rings (SSSR count). The minimum Gasteiger partial charge on any atom is -0.369 e. The second-order valence-electron chi connectivity index (χ2n) is 4.17. The summed E-state index contributed by atoms with van der Waals surface area (Å²) in [6.07, 6.45) is 3.40. The molecule has 0 aliphatic carbocycles. The standard InChI is InChI=1S/C12H15F2N/c1-9-4-2-3-5-15(9)12-7-10(13)6-11(14)8-12/h6-9H,2-5H2,1H3/t9-/m0/s1. The molecule has 1 atom stereocenters. The van der Waals surface area contributed by atoms with E-state index in [2.05, 4.69) is 11.8 Å². The lowest BCUT2D eigenvalue weighted by molar-refractivity contribution is 0.482. The van der Waals surface area contributed by atoms with Gasteiger partial charge in [-0.25, -0.2) is 8.78 Å². The topological polar surface area (TPSA) is 3.24 Å². The van der Waals surface area contributed by atoms with Crippen molar-refractivity contribution in [1.29, 1.82) is 0 Å². The van der Waals surface area contributed by atoms with Gasteiger partial charge in [-0.15, -0.1) is 0 Å². The van der Waals surface area contributed by atoms with Crippen molar-refractivity contribution in [3.63, 3.8) is 0 Å². The summed E-state index contributed by atoms with van der Waals surface area (Å²) < 4.78 is 26.1. The van der Waals surface area contributed by atoms with Crippen LogP contribution in [0.1, 0.15) is 26.2 Å². The Morgan fingerprint density at radius 1 is 1.13 bits per heavy atom. The van der Waals surface area contributed by atoms with E-state index in [9.17, 15) is 8.78 Å². The lowest BCUT2D eigenvalue weighted by atomic mass is 10.0. The molecule has 0 spiro atoms. The van der Waals surface area contributed by atoms with Crippen LogP contribution < -0.4 is 4.90 Å². The van der Waals surface area contributed by atoms with Crippen molar-refractivity contribution >= 4 is 5.69 Å². The fourth-order valence-corrected chi connectivity index (χ4v) is 2.19. The fraction of sp³-hybridized carbons (Fsp3) is 0.500. The minimum atomic E-state index is -0.497. The summed E-state index contributed by atoms with van der Waals surface area (Å²) in [4.78, 5) is 2.08. The fourth-order valence-electron chi connectivity index (χ4n) is 2.19. The Hall–Kier alpha value is -1.12. The molecule has 1 heterocycles. The first kappa shape index (κ1) is 10.4. The van der Waals surface area contributed by atoms with Crippen LogP contribution in [-0.4, -0.2) is 12.6 Å².